The largest absolute Gasteiger partial charge is 0.480 e. The van der Waals surface area contributed by atoms with Crippen LogP contribution >= 0.6 is 69.3 Å². The normalized spacial score (nSPS) is 46.1. The summed E-state index contributed by atoms with van der Waals surface area (Å²) in [6.45, 7) is 0. The third-order valence-electron chi connectivity index (χ3n) is 6.19. The van der Waals surface area contributed by atoms with E-state index in [4.69, 9.17) is 21.0 Å². The highest BCUT2D eigenvalue weighted by Gasteiger charge is 2.72. The molecule has 15 heteroatoms. The van der Waals surface area contributed by atoms with Gasteiger partial charge < -0.3 is 20.7 Å². The smallest absolute Gasteiger partial charge is 0.324 e. The molecular formula is C15H23I2NO10S2. The molecule has 3 fully saturated rings. The standard InChI is InChI=1S/C15H23I2NO10S2/c16-7-3-14(5-15(14,18)13(20)21)4-8(17)12(7)24-6-1-9(29-27-25-22)11(19)10(2-6)30-28-26-23/h6-12,19,22-23H,1-5,18H2,(H,20,21). The lowest BCUT2D eigenvalue weighted by atomic mass is 9.81. The van der Waals surface area contributed by atoms with Crippen molar-refractivity contribution in [2.45, 2.75) is 74.3 Å². The highest BCUT2D eigenvalue weighted by molar-refractivity contribution is 14.1. The number of aliphatic carboxylic acids is 1. The molecule has 11 nitrogen and oxygen atoms in total. The summed E-state index contributed by atoms with van der Waals surface area (Å²) in [6, 6.07) is 0. The molecule has 0 aromatic rings. The molecule has 0 aromatic carbocycles. The fourth-order valence-corrected chi connectivity index (χ4v) is 9.94. The molecule has 0 aliphatic heterocycles. The van der Waals surface area contributed by atoms with Crippen molar-refractivity contribution in [2.75, 3.05) is 0 Å². The number of carboxylic acids is 1. The number of alkyl halides is 2. The van der Waals surface area contributed by atoms with Gasteiger partial charge in [0.15, 0.2) is 0 Å². The number of rotatable bonds is 9. The van der Waals surface area contributed by atoms with Crippen molar-refractivity contribution in [3.8, 4) is 0 Å². The van der Waals surface area contributed by atoms with Gasteiger partial charge in [0.25, 0.3) is 0 Å². The summed E-state index contributed by atoms with van der Waals surface area (Å²) in [4.78, 5) is 11.6. The Hall–Kier alpha value is 1.27. The van der Waals surface area contributed by atoms with Gasteiger partial charge in [-0.3, -0.25) is 4.79 Å². The minimum absolute atomic E-state index is 0.0705. The molecule has 6 N–H and O–H groups in total. The first-order chi connectivity index (χ1) is 14.2. The van der Waals surface area contributed by atoms with Crippen LogP contribution in [-0.4, -0.2) is 68.9 Å². The van der Waals surface area contributed by atoms with E-state index in [1.54, 1.807) is 0 Å². The fourth-order valence-electron chi connectivity index (χ4n) is 4.55. The first-order valence-electron chi connectivity index (χ1n) is 9.08. The molecule has 3 saturated carbocycles. The number of hydrogen-bond acceptors (Lipinski definition) is 12. The number of nitrogens with two attached hydrogens (primary N) is 1. The van der Waals surface area contributed by atoms with Gasteiger partial charge in [0, 0.05) is 37.3 Å². The van der Waals surface area contributed by atoms with E-state index in [1.165, 1.54) is 0 Å². The van der Waals surface area contributed by atoms with Crippen molar-refractivity contribution in [2.24, 2.45) is 11.1 Å². The second-order valence-electron chi connectivity index (χ2n) is 7.91. The SMILES string of the molecule is NC1(C(=O)O)CC12CC(I)C(OC1CC(SOOO)C(O)C(SOOO)C1)C(I)C2. The zero-order valence-corrected chi connectivity index (χ0v) is 21.4. The molecule has 0 amide bonds. The maximum absolute atomic E-state index is 11.6. The molecule has 0 bridgehead atoms. The molecule has 5 atom stereocenters. The molecule has 174 valence electrons. The molecule has 0 heterocycles. The van der Waals surface area contributed by atoms with Crippen molar-refractivity contribution < 1.29 is 49.0 Å². The maximum Gasteiger partial charge on any atom is 0.324 e. The van der Waals surface area contributed by atoms with Crippen molar-refractivity contribution in [1.29, 1.82) is 0 Å². The molecule has 1 spiro atoms. The van der Waals surface area contributed by atoms with Crippen LogP contribution in [0.1, 0.15) is 32.1 Å². The molecule has 3 aliphatic carbocycles. The molecule has 0 radical (unpaired) electrons. The van der Waals surface area contributed by atoms with E-state index in [-0.39, 0.29) is 20.1 Å². The van der Waals surface area contributed by atoms with Gasteiger partial charge in [-0.2, -0.15) is 0 Å². The molecule has 5 unspecified atom stereocenters. The van der Waals surface area contributed by atoms with E-state index in [0.717, 1.165) is 24.1 Å². The second kappa shape index (κ2) is 10.7. The second-order valence-corrected chi connectivity index (χ2v) is 13.0. The number of aliphatic hydroxyl groups excluding tert-OH is 1. The first-order valence-corrected chi connectivity index (χ1v) is 13.2. The van der Waals surface area contributed by atoms with Crippen LogP contribution in [-0.2, 0) is 28.3 Å². The molecule has 3 aliphatic rings. The molecule has 3 rings (SSSR count). The van der Waals surface area contributed by atoms with Crippen LogP contribution in [0.2, 0.25) is 0 Å². The lowest BCUT2D eigenvalue weighted by molar-refractivity contribution is -0.432. The Morgan fingerprint density at radius 2 is 1.53 bits per heavy atom. The van der Waals surface area contributed by atoms with E-state index in [1.807, 2.05) is 0 Å². The monoisotopic (exact) mass is 695 g/mol. The predicted octanol–water partition coefficient (Wildman–Crippen LogP) is 2.34. The number of hydrogen-bond donors (Lipinski definition) is 5. The van der Waals surface area contributed by atoms with Gasteiger partial charge in [-0.05, 0) is 32.1 Å². The quantitative estimate of drug-likeness (QED) is 0.0785. The summed E-state index contributed by atoms with van der Waals surface area (Å²) in [6.07, 6.45) is 1.35. The van der Waals surface area contributed by atoms with E-state index >= 15 is 0 Å². The van der Waals surface area contributed by atoms with E-state index in [0.29, 0.717) is 32.1 Å². The van der Waals surface area contributed by atoms with Gasteiger partial charge in [0.2, 0.25) is 0 Å². The van der Waals surface area contributed by atoms with Crippen molar-refractivity contribution >= 4 is 75.2 Å². The zero-order chi connectivity index (χ0) is 22.1. The van der Waals surface area contributed by atoms with Crippen molar-refractivity contribution in [1.82, 2.24) is 0 Å². The first kappa shape index (κ1) is 25.9. The third-order valence-corrected chi connectivity index (χ3v) is 10.2. The summed E-state index contributed by atoms with van der Waals surface area (Å²) in [5, 5.41) is 43.1. The average molecular weight is 695 g/mol. The van der Waals surface area contributed by atoms with Crippen LogP contribution in [0.4, 0.5) is 0 Å². The van der Waals surface area contributed by atoms with E-state index in [9.17, 15) is 15.0 Å². The minimum atomic E-state index is -1.16. The summed E-state index contributed by atoms with van der Waals surface area (Å²) in [5.74, 6) is -0.952. The van der Waals surface area contributed by atoms with Gasteiger partial charge in [-0.15, -0.1) is 8.67 Å². The number of ether oxygens (including phenoxy) is 1. The van der Waals surface area contributed by atoms with Crippen LogP contribution in [0, 0.1) is 5.41 Å². The van der Waals surface area contributed by atoms with E-state index < -0.39 is 33.5 Å². The van der Waals surface area contributed by atoms with Gasteiger partial charge in [0.1, 0.15) is 5.54 Å². The fraction of sp³-hybridized carbons (Fsp3) is 0.933. The lowest BCUT2D eigenvalue weighted by Gasteiger charge is -2.43. The Bertz CT molecular complexity index is 594. The number of aliphatic hydroxyl groups is 1. The predicted molar refractivity (Wildman–Crippen MR) is 123 cm³/mol. The highest BCUT2D eigenvalue weighted by Crippen LogP contribution is 2.65. The molecule has 30 heavy (non-hydrogen) atoms. The highest BCUT2D eigenvalue weighted by atomic mass is 127. The van der Waals surface area contributed by atoms with Crippen LogP contribution in [0.15, 0.2) is 0 Å². The molecule has 0 saturated heterocycles. The average Bonchev–Trinajstić information content (AvgIpc) is 3.27. The third kappa shape index (κ3) is 5.33. The number of carboxylic acid groups (broad SMARTS) is 1. The van der Waals surface area contributed by atoms with Gasteiger partial charge in [-0.1, -0.05) is 55.3 Å². The van der Waals surface area contributed by atoms with Crippen molar-refractivity contribution in [3.05, 3.63) is 0 Å². The lowest BCUT2D eigenvalue weighted by Crippen LogP contribution is -2.51. The molecule has 0 aromatic heterocycles. The maximum atomic E-state index is 11.6. The Balaban J connectivity index is 1.64. The Kier molecular flexibility index (Phi) is 9.22. The molecular weight excluding hydrogens is 672 g/mol. The van der Waals surface area contributed by atoms with E-state index in [2.05, 4.69) is 63.9 Å². The summed E-state index contributed by atoms with van der Waals surface area (Å²) in [5.41, 5.74) is 4.57. The summed E-state index contributed by atoms with van der Waals surface area (Å²) in [7, 11) is 0. The van der Waals surface area contributed by atoms with Gasteiger partial charge in [-0.25, -0.2) is 10.5 Å². The van der Waals surface area contributed by atoms with Gasteiger partial charge >= 0.3 is 5.97 Å². The van der Waals surface area contributed by atoms with Crippen LogP contribution in [0.3, 0.4) is 0 Å². The van der Waals surface area contributed by atoms with Crippen LogP contribution in [0.25, 0.3) is 0 Å². The Morgan fingerprint density at radius 1 is 1.03 bits per heavy atom. The van der Waals surface area contributed by atoms with Crippen LogP contribution < -0.4 is 5.73 Å². The number of halogens is 2. The minimum Gasteiger partial charge on any atom is -0.480 e. The number of carbonyl (C=O) groups is 1. The Morgan fingerprint density at radius 3 is 1.93 bits per heavy atom. The van der Waals surface area contributed by atoms with Gasteiger partial charge in [0.05, 0.1) is 28.8 Å². The zero-order valence-electron chi connectivity index (χ0n) is 15.5. The Labute approximate surface area is 208 Å². The summed E-state index contributed by atoms with van der Waals surface area (Å²) >= 11 is 6.13. The topological polar surface area (TPSA) is 170 Å². The summed E-state index contributed by atoms with van der Waals surface area (Å²) < 4.78 is 15.6. The van der Waals surface area contributed by atoms with Crippen LogP contribution in [0.5, 0.6) is 0 Å². The van der Waals surface area contributed by atoms with Crippen molar-refractivity contribution in [3.63, 3.8) is 0 Å².